The van der Waals surface area contributed by atoms with E-state index in [1.54, 1.807) is 48.1 Å². The predicted octanol–water partition coefficient (Wildman–Crippen LogP) is 3.41. The normalized spacial score (nSPS) is 11.3. The SMILES string of the molecule is Cc1nccn1-c1ccc(NC(=O)Cn2cnc3c(oc4ccccc43)c2=O)cc1F. The molecule has 0 spiro atoms. The number of nitrogens with one attached hydrogen (secondary N) is 1. The minimum Gasteiger partial charge on any atom is -0.448 e. The number of nitrogens with zero attached hydrogens (tertiary/aromatic N) is 4. The van der Waals surface area contributed by atoms with Crippen LogP contribution < -0.4 is 10.9 Å². The highest BCUT2D eigenvalue weighted by molar-refractivity contribution is 6.01. The molecule has 0 unspecified atom stereocenters. The van der Waals surface area contributed by atoms with Gasteiger partial charge in [0.2, 0.25) is 11.5 Å². The number of halogens is 1. The number of furan rings is 1. The fourth-order valence-corrected chi connectivity index (χ4v) is 3.50. The van der Waals surface area contributed by atoms with Crippen LogP contribution in [-0.4, -0.2) is 25.0 Å². The van der Waals surface area contributed by atoms with Crippen LogP contribution in [-0.2, 0) is 11.3 Å². The van der Waals surface area contributed by atoms with Crippen molar-refractivity contribution < 1.29 is 13.6 Å². The first-order valence-electron chi connectivity index (χ1n) is 9.47. The number of fused-ring (bicyclic) bond motifs is 3. The van der Waals surface area contributed by atoms with Crippen LogP contribution in [0.1, 0.15) is 5.82 Å². The third-order valence-corrected chi connectivity index (χ3v) is 4.98. The Kier molecular flexibility index (Phi) is 4.36. The zero-order valence-corrected chi connectivity index (χ0v) is 16.4. The molecule has 0 aliphatic rings. The summed E-state index contributed by atoms with van der Waals surface area (Å²) in [6, 6.07) is 11.5. The number of hydrogen-bond donors (Lipinski definition) is 1. The van der Waals surface area contributed by atoms with E-state index in [1.807, 2.05) is 12.1 Å². The van der Waals surface area contributed by atoms with Gasteiger partial charge >= 0.3 is 0 Å². The van der Waals surface area contributed by atoms with E-state index in [4.69, 9.17) is 4.42 Å². The van der Waals surface area contributed by atoms with E-state index in [0.717, 1.165) is 9.95 Å². The van der Waals surface area contributed by atoms with E-state index in [9.17, 15) is 14.0 Å². The van der Waals surface area contributed by atoms with E-state index in [1.165, 1.54) is 12.4 Å². The van der Waals surface area contributed by atoms with Gasteiger partial charge in [-0.05, 0) is 37.3 Å². The number of benzene rings is 2. The molecule has 2 aromatic carbocycles. The number of rotatable bonds is 4. The quantitative estimate of drug-likeness (QED) is 0.484. The number of hydrogen-bond acceptors (Lipinski definition) is 5. The fourth-order valence-electron chi connectivity index (χ4n) is 3.50. The van der Waals surface area contributed by atoms with Crippen LogP contribution in [0.5, 0.6) is 0 Å². The first kappa shape index (κ1) is 18.7. The van der Waals surface area contributed by atoms with Crippen LogP contribution >= 0.6 is 0 Å². The van der Waals surface area contributed by atoms with E-state index in [0.29, 0.717) is 22.6 Å². The van der Waals surface area contributed by atoms with Crippen LogP contribution in [0.15, 0.2) is 70.4 Å². The summed E-state index contributed by atoms with van der Waals surface area (Å²) < 4.78 is 22.9. The van der Waals surface area contributed by atoms with Gasteiger partial charge in [-0.2, -0.15) is 0 Å². The van der Waals surface area contributed by atoms with Crippen molar-refractivity contribution in [3.8, 4) is 5.69 Å². The molecule has 1 amide bonds. The van der Waals surface area contributed by atoms with E-state index >= 15 is 0 Å². The molecule has 0 fully saturated rings. The molecule has 5 aromatic rings. The van der Waals surface area contributed by atoms with Gasteiger partial charge in [0.1, 0.15) is 29.3 Å². The molecule has 3 heterocycles. The van der Waals surface area contributed by atoms with Crippen LogP contribution in [0.3, 0.4) is 0 Å². The second kappa shape index (κ2) is 7.21. The number of carbonyl (C=O) groups excluding carboxylic acids is 1. The number of imidazole rings is 1. The lowest BCUT2D eigenvalue weighted by molar-refractivity contribution is -0.116. The van der Waals surface area contributed by atoms with Crippen molar-refractivity contribution in [1.29, 1.82) is 0 Å². The van der Waals surface area contributed by atoms with Crippen LogP contribution in [0.4, 0.5) is 10.1 Å². The maximum absolute atomic E-state index is 14.5. The monoisotopic (exact) mass is 417 g/mol. The molecule has 0 saturated heterocycles. The summed E-state index contributed by atoms with van der Waals surface area (Å²) in [5.74, 6) is -0.365. The second-order valence-electron chi connectivity index (χ2n) is 7.01. The smallest absolute Gasteiger partial charge is 0.297 e. The number of para-hydroxylation sites is 1. The Hall–Kier alpha value is -4.27. The molecule has 154 valence electrons. The maximum atomic E-state index is 14.5. The van der Waals surface area contributed by atoms with Crippen molar-refractivity contribution in [2.75, 3.05) is 5.32 Å². The number of aryl methyl sites for hydroxylation is 1. The lowest BCUT2D eigenvalue weighted by atomic mass is 10.2. The van der Waals surface area contributed by atoms with E-state index in [-0.39, 0.29) is 17.8 Å². The van der Waals surface area contributed by atoms with E-state index in [2.05, 4.69) is 15.3 Å². The molecule has 9 heteroatoms. The van der Waals surface area contributed by atoms with Crippen LogP contribution in [0.2, 0.25) is 0 Å². The van der Waals surface area contributed by atoms with Crippen molar-refractivity contribution >= 4 is 33.7 Å². The molecule has 1 N–H and O–H groups in total. The molecule has 0 aliphatic carbocycles. The highest BCUT2D eigenvalue weighted by Crippen LogP contribution is 2.24. The Bertz CT molecular complexity index is 1510. The van der Waals surface area contributed by atoms with Crippen LogP contribution in [0, 0.1) is 12.7 Å². The molecule has 8 nitrogen and oxygen atoms in total. The number of aromatic nitrogens is 4. The topological polar surface area (TPSA) is 95.0 Å². The standard InChI is InChI=1S/C22H16FN5O3/c1-13-24-8-9-28(13)17-7-6-14(10-16(17)23)26-19(29)11-27-12-25-20-15-4-2-3-5-18(15)31-21(20)22(27)30/h2-10,12H,11H2,1H3,(H,26,29). The molecule has 5 rings (SSSR count). The maximum Gasteiger partial charge on any atom is 0.297 e. The van der Waals surface area contributed by atoms with Gasteiger partial charge < -0.3 is 14.3 Å². The highest BCUT2D eigenvalue weighted by atomic mass is 19.1. The summed E-state index contributed by atoms with van der Waals surface area (Å²) in [5.41, 5.74) is 1.22. The van der Waals surface area contributed by atoms with Gasteiger partial charge in [-0.3, -0.25) is 14.2 Å². The molecular formula is C22H16FN5O3. The van der Waals surface area contributed by atoms with Gasteiger partial charge in [-0.1, -0.05) is 12.1 Å². The molecule has 0 atom stereocenters. The number of anilines is 1. The summed E-state index contributed by atoms with van der Waals surface area (Å²) in [6.07, 6.45) is 4.53. The molecule has 0 radical (unpaired) electrons. The van der Waals surface area contributed by atoms with Gasteiger partial charge in [0.15, 0.2) is 0 Å². The summed E-state index contributed by atoms with van der Waals surface area (Å²) in [6.45, 7) is 1.47. The van der Waals surface area contributed by atoms with Crippen molar-refractivity contribution in [3.05, 3.63) is 83.2 Å². The summed E-state index contributed by atoms with van der Waals surface area (Å²) >= 11 is 0. The lowest BCUT2D eigenvalue weighted by Crippen LogP contribution is -2.27. The van der Waals surface area contributed by atoms with Gasteiger partial charge in [-0.15, -0.1) is 0 Å². The first-order valence-corrected chi connectivity index (χ1v) is 9.47. The number of carbonyl (C=O) groups is 1. The summed E-state index contributed by atoms with van der Waals surface area (Å²) in [4.78, 5) is 33.5. The third-order valence-electron chi connectivity index (χ3n) is 4.98. The minimum atomic E-state index is -0.513. The van der Waals surface area contributed by atoms with Crippen molar-refractivity contribution in [2.45, 2.75) is 13.5 Å². The average Bonchev–Trinajstić information content (AvgIpc) is 3.34. The van der Waals surface area contributed by atoms with Gasteiger partial charge in [-0.25, -0.2) is 14.4 Å². The first-order chi connectivity index (χ1) is 15.0. The molecular weight excluding hydrogens is 401 g/mol. The molecule has 3 aromatic heterocycles. The van der Waals surface area contributed by atoms with Crippen LogP contribution in [0.25, 0.3) is 27.8 Å². The van der Waals surface area contributed by atoms with Gasteiger partial charge in [0, 0.05) is 23.5 Å². The van der Waals surface area contributed by atoms with Gasteiger partial charge in [0.25, 0.3) is 5.56 Å². The van der Waals surface area contributed by atoms with E-state index < -0.39 is 17.3 Å². The predicted molar refractivity (Wildman–Crippen MR) is 113 cm³/mol. The third kappa shape index (κ3) is 3.25. The Labute approximate surface area is 174 Å². The Morgan fingerprint density at radius 3 is 2.81 bits per heavy atom. The lowest BCUT2D eigenvalue weighted by Gasteiger charge is -2.10. The van der Waals surface area contributed by atoms with Gasteiger partial charge in [0.05, 0.1) is 12.0 Å². The average molecular weight is 417 g/mol. The molecule has 0 bridgehead atoms. The van der Waals surface area contributed by atoms with Crippen molar-refractivity contribution in [1.82, 2.24) is 19.1 Å². The zero-order chi connectivity index (χ0) is 21.5. The Morgan fingerprint density at radius 2 is 2.03 bits per heavy atom. The Balaban J connectivity index is 1.38. The number of amides is 1. The largest absolute Gasteiger partial charge is 0.448 e. The zero-order valence-electron chi connectivity index (χ0n) is 16.4. The highest BCUT2D eigenvalue weighted by Gasteiger charge is 2.15. The summed E-state index contributed by atoms with van der Waals surface area (Å²) in [7, 11) is 0. The minimum absolute atomic E-state index is 0.0857. The molecule has 0 saturated carbocycles. The second-order valence-corrected chi connectivity index (χ2v) is 7.01. The molecule has 0 aliphatic heterocycles. The van der Waals surface area contributed by atoms with Crippen molar-refractivity contribution in [3.63, 3.8) is 0 Å². The van der Waals surface area contributed by atoms with Crippen molar-refractivity contribution in [2.24, 2.45) is 0 Å². The summed E-state index contributed by atoms with van der Waals surface area (Å²) in [5, 5.41) is 3.33. The molecule has 31 heavy (non-hydrogen) atoms. The Morgan fingerprint density at radius 1 is 1.19 bits per heavy atom. The fraction of sp³-hybridized carbons (Fsp3) is 0.0909.